The van der Waals surface area contributed by atoms with E-state index in [1.54, 1.807) is 12.1 Å². The molecule has 2 amide bonds. The molecule has 1 fully saturated rings. The van der Waals surface area contributed by atoms with Crippen LogP contribution < -0.4 is 15.2 Å². The summed E-state index contributed by atoms with van der Waals surface area (Å²) >= 11 is 4.97. The van der Waals surface area contributed by atoms with Crippen molar-refractivity contribution in [3.63, 3.8) is 0 Å². The summed E-state index contributed by atoms with van der Waals surface area (Å²) in [6, 6.07) is 6.25. The van der Waals surface area contributed by atoms with E-state index < -0.39 is 23.9 Å². The smallest absolute Gasteiger partial charge is 0.265 e. The molecule has 130 valence electrons. The Hall–Kier alpha value is -3.00. The second kappa shape index (κ2) is 7.71. The van der Waals surface area contributed by atoms with Gasteiger partial charge in [-0.05, 0) is 42.9 Å². The normalized spacial score (nSPS) is 17.2. The third-order valence-electron chi connectivity index (χ3n) is 3.33. The van der Waals surface area contributed by atoms with Crippen molar-refractivity contribution in [1.29, 1.82) is 0 Å². The Morgan fingerprint density at radius 2 is 2.04 bits per heavy atom. The van der Waals surface area contributed by atoms with Crippen LogP contribution in [0.3, 0.4) is 0 Å². The minimum Gasteiger partial charge on any atom is -0.546 e. The summed E-state index contributed by atoms with van der Waals surface area (Å²) < 4.78 is 5.16. The fourth-order valence-electron chi connectivity index (χ4n) is 2.05. The first-order valence-corrected chi connectivity index (χ1v) is 7.71. The van der Waals surface area contributed by atoms with Crippen molar-refractivity contribution in [3.05, 3.63) is 48.1 Å². The van der Waals surface area contributed by atoms with Crippen LogP contribution in [0.4, 0.5) is 0 Å². The number of ether oxygens (including phenoxy) is 1. The predicted molar refractivity (Wildman–Crippen MR) is 92.2 cm³/mol. The number of aliphatic carboxylic acids is 1. The SMILES string of the molecule is C=CCN1C(=O)/C(=C/c2ccc(O[C@H](C)C(=O)[O-])cc2)C(=O)NC1=S. The molecular weight excluding hydrogens is 344 g/mol. The van der Waals surface area contributed by atoms with E-state index in [0.717, 1.165) is 0 Å². The highest BCUT2D eigenvalue weighted by Crippen LogP contribution is 2.18. The quantitative estimate of drug-likeness (QED) is 0.333. The lowest BCUT2D eigenvalue weighted by molar-refractivity contribution is -0.312. The van der Waals surface area contributed by atoms with E-state index >= 15 is 0 Å². The second-order valence-corrected chi connectivity index (χ2v) is 5.56. The Labute approximate surface area is 149 Å². The lowest BCUT2D eigenvalue weighted by Crippen LogP contribution is -2.53. The molecule has 0 spiro atoms. The lowest BCUT2D eigenvalue weighted by Gasteiger charge is -2.27. The molecule has 1 aliphatic heterocycles. The molecule has 0 bridgehead atoms. The topological polar surface area (TPSA) is 98.8 Å². The first kappa shape index (κ1) is 18.3. The molecule has 1 saturated heterocycles. The van der Waals surface area contributed by atoms with Crippen molar-refractivity contribution in [2.45, 2.75) is 13.0 Å². The number of hydrogen-bond acceptors (Lipinski definition) is 6. The van der Waals surface area contributed by atoms with E-state index in [1.165, 1.54) is 36.1 Å². The van der Waals surface area contributed by atoms with Crippen LogP contribution in [0.2, 0.25) is 0 Å². The Bertz CT molecular complexity index is 770. The number of benzene rings is 1. The number of carboxylic acid groups (broad SMARTS) is 1. The molecule has 0 unspecified atom stereocenters. The standard InChI is InChI=1S/C17H16N2O5S/c1-3-8-19-15(21)13(14(20)18-17(19)25)9-11-4-6-12(7-5-11)24-10(2)16(22)23/h3-7,9-10H,1,8H2,2H3,(H,22,23)(H,18,20,25)/p-1/b13-9+/t10-/m1/s1. The van der Waals surface area contributed by atoms with Gasteiger partial charge >= 0.3 is 0 Å². The number of amides is 2. The third kappa shape index (κ3) is 4.30. The van der Waals surface area contributed by atoms with Crippen molar-refractivity contribution in [2.24, 2.45) is 0 Å². The average Bonchev–Trinajstić information content (AvgIpc) is 2.56. The molecule has 1 aromatic carbocycles. The summed E-state index contributed by atoms with van der Waals surface area (Å²) in [7, 11) is 0. The maximum absolute atomic E-state index is 12.4. The summed E-state index contributed by atoms with van der Waals surface area (Å²) in [4.78, 5) is 36.3. The van der Waals surface area contributed by atoms with Crippen LogP contribution in [0.25, 0.3) is 6.08 Å². The van der Waals surface area contributed by atoms with E-state index in [9.17, 15) is 19.5 Å². The van der Waals surface area contributed by atoms with E-state index in [-0.39, 0.29) is 17.2 Å². The van der Waals surface area contributed by atoms with Gasteiger partial charge in [0.2, 0.25) is 0 Å². The van der Waals surface area contributed by atoms with E-state index in [4.69, 9.17) is 17.0 Å². The molecule has 1 aliphatic rings. The van der Waals surface area contributed by atoms with Gasteiger partial charge < -0.3 is 14.6 Å². The van der Waals surface area contributed by atoms with Crippen LogP contribution in [0.1, 0.15) is 12.5 Å². The van der Waals surface area contributed by atoms with Gasteiger partial charge in [0.15, 0.2) is 5.11 Å². The molecule has 1 aromatic rings. The van der Waals surface area contributed by atoms with E-state index in [1.807, 2.05) is 0 Å². The zero-order chi connectivity index (χ0) is 18.6. The molecule has 0 aliphatic carbocycles. The summed E-state index contributed by atoms with van der Waals surface area (Å²) in [6.07, 6.45) is 1.83. The molecule has 2 rings (SSSR count). The number of carbonyl (C=O) groups is 3. The summed E-state index contributed by atoms with van der Waals surface area (Å²) in [6.45, 7) is 5.09. The molecular formula is C17H15N2O5S-. The number of nitrogens with one attached hydrogen (secondary N) is 1. The molecule has 0 radical (unpaired) electrons. The first-order chi connectivity index (χ1) is 11.8. The molecule has 8 heteroatoms. The predicted octanol–water partition coefficient (Wildman–Crippen LogP) is 0.0165. The average molecular weight is 359 g/mol. The fourth-order valence-corrected chi connectivity index (χ4v) is 2.30. The van der Waals surface area contributed by atoms with E-state index in [0.29, 0.717) is 11.3 Å². The van der Waals surface area contributed by atoms with Gasteiger partial charge in [0.05, 0.1) is 5.97 Å². The van der Waals surface area contributed by atoms with Gasteiger partial charge in [-0.15, -0.1) is 6.58 Å². The van der Waals surface area contributed by atoms with Crippen molar-refractivity contribution >= 4 is 41.2 Å². The van der Waals surface area contributed by atoms with Crippen LogP contribution in [-0.4, -0.2) is 40.4 Å². The fraction of sp³-hybridized carbons (Fsp3) is 0.176. The van der Waals surface area contributed by atoms with Crippen LogP contribution >= 0.6 is 12.2 Å². The highest BCUT2D eigenvalue weighted by atomic mass is 32.1. The minimum atomic E-state index is -1.33. The number of hydrogen-bond donors (Lipinski definition) is 1. The monoisotopic (exact) mass is 359 g/mol. The molecule has 0 saturated carbocycles. The van der Waals surface area contributed by atoms with Crippen LogP contribution in [0.15, 0.2) is 42.5 Å². The molecule has 1 N–H and O–H groups in total. The second-order valence-electron chi connectivity index (χ2n) is 5.17. The number of carboxylic acids is 1. The zero-order valence-corrected chi connectivity index (χ0v) is 14.2. The van der Waals surface area contributed by atoms with Gasteiger partial charge in [0, 0.05) is 6.54 Å². The van der Waals surface area contributed by atoms with Gasteiger partial charge in [0.1, 0.15) is 17.4 Å². The minimum absolute atomic E-state index is 0.0343. The maximum Gasteiger partial charge on any atom is 0.265 e. The lowest BCUT2D eigenvalue weighted by atomic mass is 10.1. The van der Waals surface area contributed by atoms with Crippen molar-refractivity contribution in [3.8, 4) is 5.75 Å². The highest BCUT2D eigenvalue weighted by Gasteiger charge is 2.32. The number of rotatable bonds is 6. The first-order valence-electron chi connectivity index (χ1n) is 7.31. The number of thiocarbonyl (C=S) groups is 1. The molecule has 1 heterocycles. The molecule has 25 heavy (non-hydrogen) atoms. The van der Waals surface area contributed by atoms with Crippen LogP contribution in [0, 0.1) is 0 Å². The molecule has 0 aromatic heterocycles. The summed E-state index contributed by atoms with van der Waals surface area (Å²) in [5.74, 6) is -2.09. The van der Waals surface area contributed by atoms with Gasteiger partial charge in [-0.25, -0.2) is 0 Å². The largest absolute Gasteiger partial charge is 0.546 e. The maximum atomic E-state index is 12.4. The Kier molecular flexibility index (Phi) is 5.66. The van der Waals surface area contributed by atoms with Gasteiger partial charge in [-0.2, -0.15) is 0 Å². The zero-order valence-electron chi connectivity index (χ0n) is 13.4. The van der Waals surface area contributed by atoms with Crippen LogP contribution in [-0.2, 0) is 14.4 Å². The summed E-state index contributed by atoms with van der Waals surface area (Å²) in [5, 5.41) is 13.2. The van der Waals surface area contributed by atoms with Gasteiger partial charge in [-0.1, -0.05) is 18.2 Å². The Morgan fingerprint density at radius 3 is 2.60 bits per heavy atom. The number of carbonyl (C=O) groups excluding carboxylic acids is 3. The Morgan fingerprint density at radius 1 is 1.40 bits per heavy atom. The van der Waals surface area contributed by atoms with Gasteiger partial charge in [-0.3, -0.25) is 19.8 Å². The van der Waals surface area contributed by atoms with Crippen molar-refractivity contribution in [2.75, 3.05) is 6.54 Å². The highest BCUT2D eigenvalue weighted by molar-refractivity contribution is 7.80. The van der Waals surface area contributed by atoms with Crippen molar-refractivity contribution in [1.82, 2.24) is 10.2 Å². The van der Waals surface area contributed by atoms with E-state index in [2.05, 4.69) is 11.9 Å². The Balaban J connectivity index is 2.22. The van der Waals surface area contributed by atoms with Crippen molar-refractivity contribution < 1.29 is 24.2 Å². The summed E-state index contributed by atoms with van der Waals surface area (Å²) in [5.41, 5.74) is 0.505. The molecule has 1 atom stereocenters. The third-order valence-corrected chi connectivity index (χ3v) is 3.66. The van der Waals surface area contributed by atoms with Crippen LogP contribution in [0.5, 0.6) is 5.75 Å². The van der Waals surface area contributed by atoms with Gasteiger partial charge in [0.25, 0.3) is 11.8 Å². The number of nitrogens with zero attached hydrogens (tertiary/aromatic N) is 1. The molecule has 7 nitrogen and oxygen atoms in total.